The molecule has 1 aliphatic heterocycles. The van der Waals surface area contributed by atoms with Crippen LogP contribution in [0.2, 0.25) is 0 Å². The van der Waals surface area contributed by atoms with Gasteiger partial charge in [0.15, 0.2) is 0 Å². The Morgan fingerprint density at radius 3 is 3.08 bits per heavy atom. The van der Waals surface area contributed by atoms with Crippen LogP contribution in [0.3, 0.4) is 0 Å². The zero-order chi connectivity index (χ0) is 18.0. The van der Waals surface area contributed by atoms with Crippen LogP contribution < -0.4 is 10.1 Å². The van der Waals surface area contributed by atoms with Gasteiger partial charge in [0, 0.05) is 11.5 Å². The molecule has 0 aromatic heterocycles. The lowest BCUT2D eigenvalue weighted by Gasteiger charge is -2.56. The molecule has 1 saturated heterocycles. The van der Waals surface area contributed by atoms with Gasteiger partial charge in [-0.1, -0.05) is 25.8 Å². The van der Waals surface area contributed by atoms with Crippen LogP contribution in [-0.4, -0.2) is 32.1 Å². The van der Waals surface area contributed by atoms with E-state index in [1.807, 2.05) is 13.0 Å². The highest BCUT2D eigenvalue weighted by atomic mass is 16.8. The largest absolute Gasteiger partial charge is 0.511 e. The Morgan fingerprint density at radius 1 is 1.27 bits per heavy atom. The lowest BCUT2D eigenvalue weighted by atomic mass is 9.53. The number of hydrogen-bond donors (Lipinski definition) is 1. The first kappa shape index (κ1) is 17.7. The number of ether oxygens (including phenoxy) is 3. The summed E-state index contributed by atoms with van der Waals surface area (Å²) in [6, 6.07) is 7.03. The van der Waals surface area contributed by atoms with E-state index in [2.05, 4.69) is 17.4 Å². The van der Waals surface area contributed by atoms with Crippen LogP contribution in [0.1, 0.15) is 56.6 Å². The molecular formula is C21H29NO4. The molecule has 2 fully saturated rings. The molecule has 4 rings (SSSR count). The van der Waals surface area contributed by atoms with Gasteiger partial charge in [-0.15, -0.1) is 0 Å². The van der Waals surface area contributed by atoms with Crippen molar-refractivity contribution >= 4 is 6.16 Å². The number of carbonyl (C=O) groups excluding carboxylic acids is 1. The maximum Gasteiger partial charge on any atom is 0.511 e. The van der Waals surface area contributed by atoms with Crippen molar-refractivity contribution in [2.24, 2.45) is 5.92 Å². The second-order valence-corrected chi connectivity index (χ2v) is 7.85. The molecular weight excluding hydrogens is 330 g/mol. The van der Waals surface area contributed by atoms with E-state index in [-0.39, 0.29) is 6.79 Å². The number of benzene rings is 1. The molecule has 1 aromatic carbocycles. The van der Waals surface area contributed by atoms with Crippen molar-refractivity contribution < 1.29 is 19.0 Å². The van der Waals surface area contributed by atoms with Crippen LogP contribution >= 0.6 is 0 Å². The van der Waals surface area contributed by atoms with E-state index in [9.17, 15) is 4.79 Å². The van der Waals surface area contributed by atoms with Gasteiger partial charge in [-0.05, 0) is 67.8 Å². The third kappa shape index (κ3) is 3.18. The maximum absolute atomic E-state index is 11.4. The standard InChI is InChI=1S/C21H29NO4/c1-2-11-24-20(23)26-14-25-16-7-6-15-12-19-17-5-3-4-8-21(17,9-10-22-19)18(15)13-16/h6-7,13,17,19,22H,2-5,8-12,14H2,1H3/t17-,19+,21+/m1/s1. The Morgan fingerprint density at radius 2 is 2.19 bits per heavy atom. The molecule has 3 atom stereocenters. The first-order valence-electron chi connectivity index (χ1n) is 10.0. The molecule has 1 saturated carbocycles. The van der Waals surface area contributed by atoms with Gasteiger partial charge in [-0.25, -0.2) is 4.79 Å². The Kier molecular flexibility index (Phi) is 5.07. The number of piperidine rings is 1. The summed E-state index contributed by atoms with van der Waals surface area (Å²) in [6.07, 6.45) is 7.72. The van der Waals surface area contributed by atoms with Gasteiger partial charge in [-0.3, -0.25) is 0 Å². The summed E-state index contributed by atoms with van der Waals surface area (Å²) in [5.74, 6) is 1.52. The number of fused-ring (bicyclic) bond motifs is 1. The molecule has 142 valence electrons. The van der Waals surface area contributed by atoms with E-state index < -0.39 is 6.16 Å². The van der Waals surface area contributed by atoms with E-state index in [1.54, 1.807) is 0 Å². The third-order valence-electron chi connectivity index (χ3n) is 6.45. The van der Waals surface area contributed by atoms with Crippen molar-refractivity contribution in [2.75, 3.05) is 19.9 Å². The zero-order valence-corrected chi connectivity index (χ0v) is 15.6. The number of hydrogen-bond acceptors (Lipinski definition) is 5. The van der Waals surface area contributed by atoms with Gasteiger partial charge in [0.1, 0.15) is 5.75 Å². The van der Waals surface area contributed by atoms with Crippen molar-refractivity contribution in [2.45, 2.75) is 63.3 Å². The number of carbonyl (C=O) groups is 1. The fourth-order valence-electron chi connectivity index (χ4n) is 5.37. The van der Waals surface area contributed by atoms with Crippen LogP contribution in [0.4, 0.5) is 4.79 Å². The van der Waals surface area contributed by atoms with E-state index in [1.165, 1.54) is 43.2 Å². The summed E-state index contributed by atoms with van der Waals surface area (Å²) in [5.41, 5.74) is 3.24. The van der Waals surface area contributed by atoms with Gasteiger partial charge in [0.2, 0.25) is 6.79 Å². The average Bonchev–Trinajstić information content (AvgIpc) is 2.67. The Labute approximate surface area is 155 Å². The minimum Gasteiger partial charge on any atom is -0.457 e. The van der Waals surface area contributed by atoms with Crippen molar-refractivity contribution in [3.63, 3.8) is 0 Å². The fourth-order valence-corrected chi connectivity index (χ4v) is 5.37. The Hall–Kier alpha value is -1.75. The predicted molar refractivity (Wildman–Crippen MR) is 98.4 cm³/mol. The summed E-state index contributed by atoms with van der Waals surface area (Å²) in [4.78, 5) is 11.4. The molecule has 26 heavy (non-hydrogen) atoms. The first-order chi connectivity index (χ1) is 12.7. The van der Waals surface area contributed by atoms with Gasteiger partial charge in [-0.2, -0.15) is 0 Å². The Balaban J connectivity index is 1.49. The lowest BCUT2D eigenvalue weighted by Crippen LogP contribution is -2.59. The second-order valence-electron chi connectivity index (χ2n) is 7.85. The summed E-state index contributed by atoms with van der Waals surface area (Å²) in [7, 11) is 0. The molecule has 0 spiro atoms. The SMILES string of the molecule is CCCOC(=O)OCOc1ccc2c(c1)[C@]13CCCC[C@@H]1[C@H](C2)NCC3. The molecule has 3 aliphatic rings. The molecule has 2 aliphatic carbocycles. The Bertz CT molecular complexity index is 657. The zero-order valence-electron chi connectivity index (χ0n) is 15.6. The van der Waals surface area contributed by atoms with Gasteiger partial charge >= 0.3 is 6.16 Å². The molecule has 0 unspecified atom stereocenters. The van der Waals surface area contributed by atoms with Crippen molar-refractivity contribution in [3.8, 4) is 5.75 Å². The molecule has 1 aromatic rings. The predicted octanol–water partition coefficient (Wildman–Crippen LogP) is 3.93. The smallest absolute Gasteiger partial charge is 0.457 e. The fraction of sp³-hybridized carbons (Fsp3) is 0.667. The third-order valence-corrected chi connectivity index (χ3v) is 6.45. The summed E-state index contributed by atoms with van der Waals surface area (Å²) < 4.78 is 15.6. The molecule has 1 heterocycles. The van der Waals surface area contributed by atoms with E-state index in [0.717, 1.165) is 31.1 Å². The van der Waals surface area contributed by atoms with Crippen LogP contribution in [-0.2, 0) is 21.3 Å². The quantitative estimate of drug-likeness (QED) is 0.638. The summed E-state index contributed by atoms with van der Waals surface area (Å²) >= 11 is 0. The van der Waals surface area contributed by atoms with Crippen LogP contribution in [0.5, 0.6) is 5.75 Å². The lowest BCUT2D eigenvalue weighted by molar-refractivity contribution is 0.00449. The first-order valence-corrected chi connectivity index (χ1v) is 10.0. The summed E-state index contributed by atoms with van der Waals surface area (Å²) in [5, 5.41) is 3.76. The number of rotatable bonds is 5. The highest BCUT2D eigenvalue weighted by Gasteiger charge is 2.51. The molecule has 0 amide bonds. The van der Waals surface area contributed by atoms with Crippen LogP contribution in [0, 0.1) is 5.92 Å². The van der Waals surface area contributed by atoms with Crippen molar-refractivity contribution in [1.82, 2.24) is 5.32 Å². The van der Waals surface area contributed by atoms with Gasteiger partial charge in [0.05, 0.1) is 6.61 Å². The minimum absolute atomic E-state index is 0.109. The monoisotopic (exact) mass is 359 g/mol. The summed E-state index contributed by atoms with van der Waals surface area (Å²) in [6.45, 7) is 3.32. The highest BCUT2D eigenvalue weighted by molar-refractivity contribution is 5.59. The number of nitrogens with one attached hydrogen (secondary N) is 1. The van der Waals surface area contributed by atoms with Crippen LogP contribution in [0.15, 0.2) is 18.2 Å². The minimum atomic E-state index is -0.669. The van der Waals surface area contributed by atoms with Gasteiger partial charge in [0.25, 0.3) is 0 Å². The maximum atomic E-state index is 11.4. The van der Waals surface area contributed by atoms with E-state index >= 15 is 0 Å². The molecule has 2 bridgehead atoms. The highest BCUT2D eigenvalue weighted by Crippen LogP contribution is 2.54. The van der Waals surface area contributed by atoms with E-state index in [4.69, 9.17) is 14.2 Å². The van der Waals surface area contributed by atoms with Gasteiger partial charge < -0.3 is 19.5 Å². The normalized spacial score (nSPS) is 29.3. The molecule has 1 N–H and O–H groups in total. The van der Waals surface area contributed by atoms with Crippen LogP contribution in [0.25, 0.3) is 0 Å². The molecule has 5 nitrogen and oxygen atoms in total. The molecule has 0 radical (unpaired) electrons. The van der Waals surface area contributed by atoms with Crippen molar-refractivity contribution in [1.29, 1.82) is 0 Å². The van der Waals surface area contributed by atoms with E-state index in [0.29, 0.717) is 18.1 Å². The van der Waals surface area contributed by atoms with Crippen molar-refractivity contribution in [3.05, 3.63) is 29.3 Å². The average molecular weight is 359 g/mol. The second kappa shape index (κ2) is 7.47. The molecule has 5 heteroatoms. The topological polar surface area (TPSA) is 56.8 Å².